The van der Waals surface area contributed by atoms with Crippen LogP contribution in [-0.2, 0) is 4.79 Å². The summed E-state index contributed by atoms with van der Waals surface area (Å²) in [5.74, 6) is 1.85. The van der Waals surface area contributed by atoms with Gasteiger partial charge in [-0.3, -0.25) is 9.79 Å². The Hall–Kier alpha value is -0.0200. The minimum Gasteiger partial charge on any atom is -0.293 e. The number of halogens is 1. The van der Waals surface area contributed by atoms with Crippen molar-refractivity contribution in [2.24, 2.45) is 4.99 Å². The zero-order valence-electron chi connectivity index (χ0n) is 4.87. The maximum atomic E-state index is 10.5. The molecule has 9 heavy (non-hydrogen) atoms. The first-order valence-electron chi connectivity index (χ1n) is 2.50. The Labute approximate surface area is 64.5 Å². The summed E-state index contributed by atoms with van der Waals surface area (Å²) in [5, 5.41) is 0. The van der Waals surface area contributed by atoms with Crippen LogP contribution in [0.5, 0.6) is 0 Å². The zero-order chi connectivity index (χ0) is 5.82. The Kier molecular flexibility index (Phi) is 4.81. The molecule has 1 aliphatic heterocycles. The van der Waals surface area contributed by atoms with Gasteiger partial charge in [0.2, 0.25) is 0 Å². The number of hydrogen-bond donors (Lipinski definition) is 0. The molecule has 2 nitrogen and oxygen atoms in total. The molecule has 0 bridgehead atoms. The van der Waals surface area contributed by atoms with E-state index in [1.54, 1.807) is 11.8 Å². The second-order valence-corrected chi connectivity index (χ2v) is 2.64. The van der Waals surface area contributed by atoms with Gasteiger partial charge in [0.05, 0.1) is 12.1 Å². The molecule has 0 fully saturated rings. The summed E-state index contributed by atoms with van der Waals surface area (Å²) in [6, 6.07) is 0. The van der Waals surface area contributed by atoms with Gasteiger partial charge in [-0.1, -0.05) is 0 Å². The summed E-state index contributed by atoms with van der Waals surface area (Å²) < 4.78 is 0. The number of nitrogens with zero attached hydrogens (tertiary/aromatic N) is 1. The molecule has 1 aliphatic rings. The van der Waals surface area contributed by atoms with E-state index in [1.807, 2.05) is 0 Å². The van der Waals surface area contributed by atoms with Crippen molar-refractivity contribution in [3.63, 3.8) is 0 Å². The van der Waals surface area contributed by atoms with Gasteiger partial charge in [-0.15, -0.1) is 24.2 Å². The highest BCUT2D eigenvalue weighted by Gasteiger charge is 1.99. The minimum absolute atomic E-state index is 0. The van der Waals surface area contributed by atoms with Gasteiger partial charge in [-0.05, 0) is 0 Å². The van der Waals surface area contributed by atoms with Gasteiger partial charge < -0.3 is 0 Å². The molecule has 0 amide bonds. The van der Waals surface area contributed by atoms with Gasteiger partial charge >= 0.3 is 0 Å². The first kappa shape index (κ1) is 8.98. The lowest BCUT2D eigenvalue weighted by Crippen LogP contribution is -1.96. The molecule has 0 aromatic rings. The van der Waals surface area contributed by atoms with Crippen molar-refractivity contribution in [3.8, 4) is 0 Å². The van der Waals surface area contributed by atoms with E-state index in [-0.39, 0.29) is 18.2 Å². The summed E-state index contributed by atoms with van der Waals surface area (Å²) in [7, 11) is 0. The predicted octanol–water partition coefficient (Wildman–Crippen LogP) is 1.14. The number of carbonyl (C=O) groups excluding carboxylic acids is 1. The fourth-order valence-corrected chi connectivity index (χ4v) is 1.15. The molecule has 0 saturated carbocycles. The van der Waals surface area contributed by atoms with E-state index in [0.29, 0.717) is 6.42 Å². The van der Waals surface area contributed by atoms with E-state index < -0.39 is 0 Å². The van der Waals surface area contributed by atoms with Gasteiger partial charge in [0, 0.05) is 12.2 Å². The molecular formula is C5H8ClNOS. The normalized spacial score (nSPS) is 18.4. The van der Waals surface area contributed by atoms with Crippen LogP contribution < -0.4 is 0 Å². The van der Waals surface area contributed by atoms with Gasteiger partial charge in [0.25, 0.3) is 0 Å². The Morgan fingerprint density at radius 1 is 1.67 bits per heavy atom. The molecular weight excluding hydrogens is 158 g/mol. The average molecular weight is 166 g/mol. The molecule has 0 unspecified atom stereocenters. The molecule has 0 radical (unpaired) electrons. The standard InChI is InChI=1S/C5H7NOS.ClH/c7-5-1-2-8-4-6-3-5;/h3H,1-2,4H2;1H. The van der Waals surface area contributed by atoms with E-state index in [0.717, 1.165) is 11.6 Å². The van der Waals surface area contributed by atoms with Gasteiger partial charge in [-0.25, -0.2) is 0 Å². The van der Waals surface area contributed by atoms with E-state index >= 15 is 0 Å². The van der Waals surface area contributed by atoms with Crippen LogP contribution in [0.1, 0.15) is 6.42 Å². The van der Waals surface area contributed by atoms with Crippen LogP contribution in [0.15, 0.2) is 4.99 Å². The number of thioether (sulfide) groups is 1. The van der Waals surface area contributed by atoms with Crippen molar-refractivity contribution in [1.82, 2.24) is 0 Å². The predicted molar refractivity (Wildman–Crippen MR) is 42.7 cm³/mol. The fraction of sp³-hybridized carbons (Fsp3) is 0.600. The van der Waals surface area contributed by atoms with Crippen molar-refractivity contribution < 1.29 is 4.79 Å². The van der Waals surface area contributed by atoms with Gasteiger partial charge in [0.1, 0.15) is 0 Å². The van der Waals surface area contributed by atoms with Crippen LogP contribution in [0.3, 0.4) is 0 Å². The first-order valence-corrected chi connectivity index (χ1v) is 3.65. The van der Waals surface area contributed by atoms with Crippen molar-refractivity contribution in [1.29, 1.82) is 0 Å². The Morgan fingerprint density at radius 3 is 3.22 bits per heavy atom. The van der Waals surface area contributed by atoms with E-state index in [1.165, 1.54) is 6.21 Å². The van der Waals surface area contributed by atoms with Crippen LogP contribution in [0.25, 0.3) is 0 Å². The van der Waals surface area contributed by atoms with Crippen LogP contribution in [-0.4, -0.2) is 23.6 Å². The number of aliphatic imine (C=N–C) groups is 1. The maximum absolute atomic E-state index is 10.5. The molecule has 0 aliphatic carbocycles. The molecule has 0 saturated heterocycles. The Balaban J connectivity index is 0.000000640. The van der Waals surface area contributed by atoms with E-state index in [2.05, 4.69) is 4.99 Å². The molecule has 0 N–H and O–H groups in total. The minimum atomic E-state index is 0. The van der Waals surface area contributed by atoms with Crippen molar-refractivity contribution >= 4 is 36.2 Å². The summed E-state index contributed by atoms with van der Waals surface area (Å²) in [6.07, 6.45) is 2.09. The third-order valence-corrected chi connectivity index (χ3v) is 1.72. The summed E-state index contributed by atoms with van der Waals surface area (Å²) in [5.41, 5.74) is 0. The monoisotopic (exact) mass is 165 g/mol. The summed E-state index contributed by atoms with van der Waals surface area (Å²) >= 11 is 1.70. The molecule has 0 aromatic heterocycles. The average Bonchev–Trinajstić information content (AvgIpc) is 1.94. The molecule has 0 atom stereocenters. The highest BCUT2D eigenvalue weighted by molar-refractivity contribution is 7.99. The number of hydrogen-bond acceptors (Lipinski definition) is 3. The van der Waals surface area contributed by atoms with E-state index in [9.17, 15) is 4.79 Å². The second kappa shape index (κ2) is 4.82. The Morgan fingerprint density at radius 2 is 2.44 bits per heavy atom. The molecule has 0 aromatic carbocycles. The SMILES string of the molecule is Cl.O=C1C=NCSCC1. The largest absolute Gasteiger partial charge is 0.293 e. The molecule has 1 rings (SSSR count). The quantitative estimate of drug-likeness (QED) is 0.539. The molecule has 0 spiro atoms. The highest BCUT2D eigenvalue weighted by Crippen LogP contribution is 2.04. The lowest BCUT2D eigenvalue weighted by molar-refractivity contribution is -0.112. The number of Topliss-reactive ketones (excluding diaryl/α,β-unsaturated/α-hetero) is 1. The lowest BCUT2D eigenvalue weighted by Gasteiger charge is -1.85. The molecule has 52 valence electrons. The lowest BCUT2D eigenvalue weighted by atomic mass is 10.3. The summed E-state index contributed by atoms with van der Waals surface area (Å²) in [4.78, 5) is 14.4. The van der Waals surface area contributed by atoms with Crippen LogP contribution in [0.4, 0.5) is 0 Å². The van der Waals surface area contributed by atoms with Gasteiger partial charge in [-0.2, -0.15) is 0 Å². The number of carbonyl (C=O) groups is 1. The van der Waals surface area contributed by atoms with Crippen LogP contribution in [0, 0.1) is 0 Å². The smallest absolute Gasteiger partial charge is 0.174 e. The number of rotatable bonds is 0. The van der Waals surface area contributed by atoms with Crippen molar-refractivity contribution in [3.05, 3.63) is 0 Å². The van der Waals surface area contributed by atoms with Crippen LogP contribution >= 0.6 is 24.2 Å². The third kappa shape index (κ3) is 3.54. The van der Waals surface area contributed by atoms with Crippen molar-refractivity contribution in [2.45, 2.75) is 6.42 Å². The third-order valence-electron chi connectivity index (χ3n) is 0.894. The van der Waals surface area contributed by atoms with E-state index in [4.69, 9.17) is 0 Å². The number of ketones is 1. The topological polar surface area (TPSA) is 29.4 Å². The fourth-order valence-electron chi connectivity index (χ4n) is 0.494. The maximum Gasteiger partial charge on any atom is 0.174 e. The second-order valence-electron chi connectivity index (χ2n) is 1.57. The van der Waals surface area contributed by atoms with Gasteiger partial charge in [0.15, 0.2) is 5.78 Å². The van der Waals surface area contributed by atoms with Crippen LogP contribution in [0.2, 0.25) is 0 Å². The highest BCUT2D eigenvalue weighted by atomic mass is 35.5. The zero-order valence-corrected chi connectivity index (χ0v) is 6.50. The van der Waals surface area contributed by atoms with Crippen molar-refractivity contribution in [2.75, 3.05) is 11.6 Å². The summed E-state index contributed by atoms with van der Waals surface area (Å²) in [6.45, 7) is 0. The first-order chi connectivity index (χ1) is 3.89. The Bertz CT molecular complexity index is 126. The molecule has 1 heterocycles. The molecule has 4 heteroatoms.